The van der Waals surface area contributed by atoms with Gasteiger partial charge in [-0.05, 0) is 183 Å². The summed E-state index contributed by atoms with van der Waals surface area (Å²) in [5, 5.41) is 10.5. The summed E-state index contributed by atoms with van der Waals surface area (Å²) in [6.07, 6.45) is 27.5. The summed E-state index contributed by atoms with van der Waals surface area (Å²) in [6, 6.07) is 35.8. The number of para-hydroxylation sites is 1. The molecular formula is C76H109N9. The normalized spacial score (nSPS) is 13.3. The predicted octanol–water partition coefficient (Wildman–Crippen LogP) is 20.2. The van der Waals surface area contributed by atoms with Crippen LogP contribution in [-0.4, -0.2) is 45.1 Å². The highest BCUT2D eigenvalue weighted by Gasteiger charge is 2.32. The van der Waals surface area contributed by atoms with Gasteiger partial charge in [0, 0.05) is 83.6 Å². The fourth-order valence-corrected chi connectivity index (χ4v) is 9.87. The Morgan fingerprint density at radius 1 is 0.494 bits per heavy atom. The number of hydrogen-bond acceptors (Lipinski definition) is 7. The average molecular weight is 1150 g/mol. The van der Waals surface area contributed by atoms with Crippen LogP contribution in [0.2, 0.25) is 0 Å². The molecule has 0 spiro atoms. The maximum Gasteiger partial charge on any atom is 0.115 e. The molecule has 0 radical (unpaired) electrons. The van der Waals surface area contributed by atoms with Crippen molar-refractivity contribution in [1.29, 1.82) is 0 Å². The standard InChI is InChI=1S/2C13H17N.C12H17N.C11H17N.2C9H14N2.C9H13N/c1-13(2,3)9-10-5-4-6-12-11(10)7-8-14-12;1-13(2,3)9-11-8-10-6-4-5-7-12(10)14-11;1-12(2,3)10-6-7-11-9(10)5-4-8-13-11;1-11(2,3)7-6-10-5-4-8-12-9-10;1-9(2,3)4-8-5-10-7-11-6-8;1-9(2,3)7-8-5-4-6-10-11-8;1-9(2,3)8-5-4-6-10-7-8/h2*4-8,14H,9H2,1-3H3;4-5,8,10H,6-7H2,1-3H3;4-5,8-9H,6-7H2,1-3H3;5-7H,4H2,1-3H3;4-6H,7H2,1-3H3;4-7H,1-3H3. The third-order valence-electron chi connectivity index (χ3n) is 13.8. The van der Waals surface area contributed by atoms with Crippen LogP contribution in [0, 0.1) is 32.5 Å². The Morgan fingerprint density at radius 2 is 1.09 bits per heavy atom. The van der Waals surface area contributed by atoms with E-state index in [1.165, 1.54) is 73.9 Å². The molecule has 0 amide bonds. The second-order valence-corrected chi connectivity index (χ2v) is 31.1. The molecule has 458 valence electrons. The maximum atomic E-state index is 4.42. The highest BCUT2D eigenvalue weighted by atomic mass is 15.1. The van der Waals surface area contributed by atoms with Gasteiger partial charge < -0.3 is 9.97 Å². The summed E-state index contributed by atoms with van der Waals surface area (Å²) in [5.74, 6) is 0.705. The van der Waals surface area contributed by atoms with E-state index >= 15 is 0 Å². The van der Waals surface area contributed by atoms with Crippen molar-refractivity contribution < 1.29 is 0 Å². The highest BCUT2D eigenvalue weighted by molar-refractivity contribution is 5.83. The number of aromatic amines is 2. The average Bonchev–Trinajstić information content (AvgIpc) is 4.27. The van der Waals surface area contributed by atoms with E-state index < -0.39 is 0 Å². The molecule has 0 bridgehead atoms. The maximum absolute atomic E-state index is 4.42. The van der Waals surface area contributed by atoms with Crippen LogP contribution in [0.3, 0.4) is 0 Å². The Hall–Kier alpha value is -6.87. The van der Waals surface area contributed by atoms with Crippen LogP contribution in [0.4, 0.5) is 0 Å². The number of nitrogens with one attached hydrogen (secondary N) is 2. The van der Waals surface area contributed by atoms with Gasteiger partial charge in [-0.3, -0.25) is 15.0 Å². The summed E-state index contributed by atoms with van der Waals surface area (Å²) in [4.78, 5) is 27.2. The zero-order valence-corrected chi connectivity index (χ0v) is 56.5. The molecule has 1 unspecified atom stereocenters. The van der Waals surface area contributed by atoms with E-state index in [0.717, 1.165) is 44.2 Å². The number of hydrogen-bond donors (Lipinski definition) is 2. The third kappa shape index (κ3) is 29.2. The molecule has 9 aromatic rings. The molecule has 9 heteroatoms. The molecule has 2 N–H and O–H groups in total. The summed E-state index contributed by atoms with van der Waals surface area (Å²) in [5.41, 5.74) is 15.3. The monoisotopic (exact) mass is 1150 g/mol. The van der Waals surface area contributed by atoms with Gasteiger partial charge in [0.2, 0.25) is 0 Å². The van der Waals surface area contributed by atoms with Crippen molar-refractivity contribution in [2.75, 3.05) is 0 Å². The number of rotatable bonds is 6. The quantitative estimate of drug-likeness (QED) is 0.170. The minimum atomic E-state index is 0.230. The lowest BCUT2D eigenvalue weighted by Crippen LogP contribution is -2.15. The minimum Gasteiger partial charge on any atom is -0.361 e. The smallest absolute Gasteiger partial charge is 0.115 e. The van der Waals surface area contributed by atoms with Crippen LogP contribution >= 0.6 is 0 Å². The van der Waals surface area contributed by atoms with E-state index in [9.17, 15) is 0 Å². The van der Waals surface area contributed by atoms with Gasteiger partial charge in [0.15, 0.2) is 0 Å². The number of fused-ring (bicyclic) bond motifs is 3. The third-order valence-corrected chi connectivity index (χ3v) is 13.8. The molecule has 10 rings (SSSR count). The molecule has 0 saturated carbocycles. The first-order chi connectivity index (χ1) is 39.5. The van der Waals surface area contributed by atoms with Gasteiger partial charge in [-0.15, -0.1) is 0 Å². The molecule has 2 aromatic carbocycles. The Kier molecular flexibility index (Phi) is 26.6. The molecular weight excluding hydrogens is 1040 g/mol. The zero-order valence-electron chi connectivity index (χ0n) is 56.5. The van der Waals surface area contributed by atoms with Gasteiger partial charge in [-0.1, -0.05) is 194 Å². The van der Waals surface area contributed by atoms with Gasteiger partial charge in [0.25, 0.3) is 0 Å². The van der Waals surface area contributed by atoms with Crippen LogP contribution in [-0.2, 0) is 43.9 Å². The Balaban J connectivity index is 0.000000213. The summed E-state index contributed by atoms with van der Waals surface area (Å²) in [7, 11) is 0. The second kappa shape index (κ2) is 32.0. The molecule has 7 aromatic heterocycles. The van der Waals surface area contributed by atoms with E-state index in [2.05, 4.69) is 269 Å². The van der Waals surface area contributed by atoms with Crippen LogP contribution in [0.5, 0.6) is 0 Å². The fourth-order valence-electron chi connectivity index (χ4n) is 9.87. The SMILES string of the molecule is CC(C)(C)C1CCc2ncccc21.CC(C)(C)CCc1cccnc1.CC(C)(C)Cc1cc2ccccc2[nH]1.CC(C)(C)Cc1cccc2[nH]ccc12.CC(C)(C)Cc1cccnn1.CC(C)(C)Cc1cncnc1.CC(C)(C)c1cccnc1. The minimum absolute atomic E-state index is 0.230. The zero-order chi connectivity index (χ0) is 63.1. The van der Waals surface area contributed by atoms with Gasteiger partial charge in [0.05, 0.1) is 5.69 Å². The van der Waals surface area contributed by atoms with Crippen molar-refractivity contribution >= 4 is 21.8 Å². The molecule has 7 heterocycles. The van der Waals surface area contributed by atoms with Crippen molar-refractivity contribution in [3.63, 3.8) is 0 Å². The number of aromatic nitrogens is 9. The van der Waals surface area contributed by atoms with E-state index in [1.54, 1.807) is 18.7 Å². The molecule has 1 aliphatic rings. The Labute approximate surface area is 515 Å². The highest BCUT2D eigenvalue weighted by Crippen LogP contribution is 2.44. The predicted molar refractivity (Wildman–Crippen MR) is 363 cm³/mol. The Bertz CT molecular complexity index is 3150. The molecule has 0 saturated heterocycles. The second-order valence-electron chi connectivity index (χ2n) is 31.1. The molecule has 1 aliphatic carbocycles. The van der Waals surface area contributed by atoms with Crippen molar-refractivity contribution in [1.82, 2.24) is 45.1 Å². The van der Waals surface area contributed by atoms with E-state index in [1.807, 2.05) is 67.6 Å². The van der Waals surface area contributed by atoms with Gasteiger partial charge in [0.1, 0.15) is 6.33 Å². The summed E-state index contributed by atoms with van der Waals surface area (Å²) >= 11 is 0. The number of nitrogens with zero attached hydrogens (tertiary/aromatic N) is 7. The van der Waals surface area contributed by atoms with Gasteiger partial charge in [-0.2, -0.15) is 10.2 Å². The van der Waals surface area contributed by atoms with Crippen LogP contribution in [0.15, 0.2) is 165 Å². The number of benzene rings is 2. The first-order valence-corrected chi connectivity index (χ1v) is 30.9. The lowest BCUT2D eigenvalue weighted by atomic mass is 9.78. The molecule has 1 atom stereocenters. The summed E-state index contributed by atoms with van der Waals surface area (Å²) < 4.78 is 0. The van der Waals surface area contributed by atoms with E-state index in [0.29, 0.717) is 38.4 Å². The van der Waals surface area contributed by atoms with Crippen molar-refractivity contribution in [3.8, 4) is 0 Å². The van der Waals surface area contributed by atoms with E-state index in [-0.39, 0.29) is 5.41 Å². The first kappa shape index (κ1) is 70.6. The van der Waals surface area contributed by atoms with Gasteiger partial charge >= 0.3 is 0 Å². The first-order valence-electron chi connectivity index (χ1n) is 30.9. The van der Waals surface area contributed by atoms with Crippen LogP contribution in [0.1, 0.15) is 209 Å². The van der Waals surface area contributed by atoms with E-state index in [4.69, 9.17) is 0 Å². The lowest BCUT2D eigenvalue weighted by molar-refractivity contribution is 0.319. The topological polar surface area (TPSA) is 122 Å². The van der Waals surface area contributed by atoms with Gasteiger partial charge in [-0.25, -0.2) is 9.97 Å². The largest absolute Gasteiger partial charge is 0.361 e. The fraction of sp³-hybridized carbons (Fsp3) is 0.487. The number of pyridine rings is 3. The van der Waals surface area contributed by atoms with Crippen molar-refractivity contribution in [3.05, 3.63) is 210 Å². The number of H-pyrrole nitrogens is 2. The molecule has 85 heavy (non-hydrogen) atoms. The number of aryl methyl sites for hydroxylation is 2. The summed E-state index contributed by atoms with van der Waals surface area (Å²) in [6.45, 7) is 47.1. The van der Waals surface area contributed by atoms with Crippen molar-refractivity contribution in [2.24, 2.45) is 32.5 Å². The Morgan fingerprint density at radius 3 is 1.64 bits per heavy atom. The lowest BCUT2D eigenvalue weighted by Gasteiger charge is -2.27. The molecule has 0 fully saturated rings. The molecule has 9 nitrogen and oxygen atoms in total. The van der Waals surface area contributed by atoms with Crippen LogP contribution < -0.4 is 0 Å². The van der Waals surface area contributed by atoms with Crippen LogP contribution in [0.25, 0.3) is 21.8 Å². The van der Waals surface area contributed by atoms with Crippen molar-refractivity contribution in [2.45, 2.75) is 208 Å². The molecule has 0 aliphatic heterocycles.